The predicted octanol–water partition coefficient (Wildman–Crippen LogP) is 0.275. The van der Waals surface area contributed by atoms with Gasteiger partial charge in [-0.1, -0.05) is 0 Å². The van der Waals surface area contributed by atoms with Crippen molar-refractivity contribution in [1.29, 1.82) is 0 Å². The van der Waals surface area contributed by atoms with Gasteiger partial charge in [-0.25, -0.2) is 4.79 Å². The van der Waals surface area contributed by atoms with E-state index in [1.54, 1.807) is 19.1 Å². The topological polar surface area (TPSA) is 99.6 Å². The molecule has 1 aliphatic heterocycles. The number of pyridine rings is 1. The molecular formula is C14H17N3O4. The number of nitrogens with one attached hydrogen (secondary N) is 1. The van der Waals surface area contributed by atoms with Crippen LogP contribution in [0.2, 0.25) is 0 Å². The van der Waals surface area contributed by atoms with E-state index in [0.717, 1.165) is 0 Å². The molecule has 1 saturated heterocycles. The van der Waals surface area contributed by atoms with Gasteiger partial charge in [-0.05, 0) is 31.9 Å². The van der Waals surface area contributed by atoms with Crippen molar-refractivity contribution in [2.75, 3.05) is 6.54 Å². The quantitative estimate of drug-likeness (QED) is 0.829. The van der Waals surface area contributed by atoms with Gasteiger partial charge in [-0.15, -0.1) is 0 Å². The highest BCUT2D eigenvalue weighted by Gasteiger charge is 2.36. The van der Waals surface area contributed by atoms with Crippen LogP contribution in [0.25, 0.3) is 0 Å². The first-order valence-electron chi connectivity index (χ1n) is 6.75. The zero-order chi connectivity index (χ0) is 15.4. The van der Waals surface area contributed by atoms with Crippen molar-refractivity contribution >= 4 is 17.8 Å². The van der Waals surface area contributed by atoms with Crippen LogP contribution in [0.1, 0.15) is 30.1 Å². The molecular weight excluding hydrogens is 274 g/mol. The Morgan fingerprint density at radius 2 is 2.05 bits per heavy atom. The molecule has 2 atom stereocenters. The van der Waals surface area contributed by atoms with Crippen molar-refractivity contribution in [2.45, 2.75) is 31.8 Å². The average molecular weight is 291 g/mol. The number of aliphatic carboxylic acids is 1. The van der Waals surface area contributed by atoms with Crippen LogP contribution in [0.15, 0.2) is 24.5 Å². The van der Waals surface area contributed by atoms with Gasteiger partial charge in [0.2, 0.25) is 5.91 Å². The summed E-state index contributed by atoms with van der Waals surface area (Å²) in [5.74, 6) is -1.76. The van der Waals surface area contributed by atoms with Gasteiger partial charge in [0, 0.05) is 24.5 Å². The molecule has 0 radical (unpaired) electrons. The molecule has 2 rings (SSSR count). The summed E-state index contributed by atoms with van der Waals surface area (Å²) < 4.78 is 0. The molecule has 0 aromatic carbocycles. The maximum atomic E-state index is 12.3. The maximum Gasteiger partial charge on any atom is 0.326 e. The summed E-state index contributed by atoms with van der Waals surface area (Å²) >= 11 is 0. The Hall–Kier alpha value is -2.44. The Morgan fingerprint density at radius 3 is 2.67 bits per heavy atom. The van der Waals surface area contributed by atoms with Crippen LogP contribution in [0.3, 0.4) is 0 Å². The van der Waals surface area contributed by atoms with Gasteiger partial charge < -0.3 is 15.3 Å². The van der Waals surface area contributed by atoms with Gasteiger partial charge in [0.25, 0.3) is 5.91 Å². The minimum absolute atomic E-state index is 0.373. The first-order valence-corrected chi connectivity index (χ1v) is 6.75. The molecule has 2 heterocycles. The average Bonchev–Trinajstić information content (AvgIpc) is 2.96. The van der Waals surface area contributed by atoms with Gasteiger partial charge in [0.15, 0.2) is 0 Å². The van der Waals surface area contributed by atoms with Crippen LogP contribution >= 0.6 is 0 Å². The normalized spacial score (nSPS) is 19.1. The van der Waals surface area contributed by atoms with E-state index >= 15 is 0 Å². The molecule has 21 heavy (non-hydrogen) atoms. The third-order valence-corrected chi connectivity index (χ3v) is 3.48. The van der Waals surface area contributed by atoms with E-state index in [0.29, 0.717) is 24.9 Å². The largest absolute Gasteiger partial charge is 0.480 e. The molecule has 2 amide bonds. The third-order valence-electron chi connectivity index (χ3n) is 3.48. The second-order valence-electron chi connectivity index (χ2n) is 4.96. The molecule has 1 fully saturated rings. The molecule has 0 saturated carbocycles. The maximum absolute atomic E-state index is 12.3. The van der Waals surface area contributed by atoms with Crippen molar-refractivity contribution in [2.24, 2.45) is 0 Å². The number of carboxylic acids is 1. The minimum Gasteiger partial charge on any atom is -0.480 e. The minimum atomic E-state index is -1.01. The Morgan fingerprint density at radius 1 is 1.38 bits per heavy atom. The molecule has 7 heteroatoms. The summed E-state index contributed by atoms with van der Waals surface area (Å²) in [6.45, 7) is 1.96. The number of carbonyl (C=O) groups is 3. The Kier molecular flexibility index (Phi) is 4.52. The number of rotatable bonds is 4. The molecule has 0 spiro atoms. The molecule has 0 aliphatic carbocycles. The summed E-state index contributed by atoms with van der Waals surface area (Å²) in [7, 11) is 0. The Balaban J connectivity index is 2.00. The lowest BCUT2D eigenvalue weighted by Gasteiger charge is -2.25. The molecule has 0 bridgehead atoms. The van der Waals surface area contributed by atoms with Crippen LogP contribution in [-0.2, 0) is 9.59 Å². The van der Waals surface area contributed by atoms with E-state index in [2.05, 4.69) is 10.3 Å². The predicted molar refractivity (Wildman–Crippen MR) is 73.5 cm³/mol. The van der Waals surface area contributed by atoms with Gasteiger partial charge in [0.05, 0.1) is 0 Å². The van der Waals surface area contributed by atoms with Crippen LogP contribution in [0, 0.1) is 0 Å². The van der Waals surface area contributed by atoms with Crippen molar-refractivity contribution in [3.63, 3.8) is 0 Å². The van der Waals surface area contributed by atoms with Crippen LogP contribution in [0.4, 0.5) is 0 Å². The lowest BCUT2D eigenvalue weighted by molar-refractivity contribution is -0.148. The van der Waals surface area contributed by atoms with Crippen molar-refractivity contribution in [3.8, 4) is 0 Å². The second kappa shape index (κ2) is 6.34. The number of carboxylic acid groups (broad SMARTS) is 1. The van der Waals surface area contributed by atoms with Gasteiger partial charge >= 0.3 is 5.97 Å². The summed E-state index contributed by atoms with van der Waals surface area (Å²) in [6, 6.07) is 1.52. The highest BCUT2D eigenvalue weighted by Crippen LogP contribution is 2.18. The summed E-state index contributed by atoms with van der Waals surface area (Å²) in [5, 5.41) is 11.7. The first-order chi connectivity index (χ1) is 10.0. The van der Waals surface area contributed by atoms with Gasteiger partial charge in [-0.2, -0.15) is 0 Å². The molecule has 0 unspecified atom stereocenters. The fourth-order valence-corrected chi connectivity index (χ4v) is 2.38. The SMILES string of the molecule is C[C@@H](NC(=O)c1ccncc1)C(=O)N1CCC[C@H]1C(=O)O. The number of likely N-dealkylation sites (tertiary alicyclic amines) is 1. The molecule has 2 N–H and O–H groups in total. The number of aromatic nitrogens is 1. The van der Waals surface area contributed by atoms with E-state index in [1.165, 1.54) is 17.3 Å². The van der Waals surface area contributed by atoms with E-state index in [1.807, 2.05) is 0 Å². The van der Waals surface area contributed by atoms with Crippen molar-refractivity contribution < 1.29 is 19.5 Å². The Bertz CT molecular complexity index is 546. The van der Waals surface area contributed by atoms with Crippen molar-refractivity contribution in [1.82, 2.24) is 15.2 Å². The third kappa shape index (κ3) is 3.36. The highest BCUT2D eigenvalue weighted by molar-refractivity contribution is 5.97. The smallest absolute Gasteiger partial charge is 0.326 e. The van der Waals surface area contributed by atoms with Gasteiger partial charge in [0.1, 0.15) is 12.1 Å². The van der Waals surface area contributed by atoms with E-state index in [-0.39, 0.29) is 11.8 Å². The first kappa shape index (κ1) is 15.0. The molecule has 1 aromatic heterocycles. The molecule has 7 nitrogen and oxygen atoms in total. The summed E-state index contributed by atoms with van der Waals surface area (Å²) in [4.78, 5) is 40.5. The number of amides is 2. The molecule has 112 valence electrons. The summed E-state index contributed by atoms with van der Waals surface area (Å²) in [5.41, 5.74) is 0.404. The standard InChI is InChI=1S/C14H17N3O4/c1-9(16-12(18)10-4-6-15-7-5-10)13(19)17-8-2-3-11(17)14(20)21/h4-7,9,11H,2-3,8H2,1H3,(H,16,18)(H,20,21)/t9-,11+/m1/s1. The summed E-state index contributed by atoms with van der Waals surface area (Å²) in [6.07, 6.45) is 4.09. The number of carbonyl (C=O) groups excluding carboxylic acids is 2. The van der Waals surface area contributed by atoms with Crippen molar-refractivity contribution in [3.05, 3.63) is 30.1 Å². The second-order valence-corrected chi connectivity index (χ2v) is 4.96. The van der Waals surface area contributed by atoms with E-state index < -0.39 is 18.1 Å². The zero-order valence-electron chi connectivity index (χ0n) is 11.7. The lowest BCUT2D eigenvalue weighted by Crippen LogP contribution is -2.50. The van der Waals surface area contributed by atoms with E-state index in [4.69, 9.17) is 5.11 Å². The van der Waals surface area contributed by atoms with Crippen LogP contribution in [0.5, 0.6) is 0 Å². The number of hydrogen-bond donors (Lipinski definition) is 2. The zero-order valence-corrected chi connectivity index (χ0v) is 11.7. The number of nitrogens with zero attached hydrogens (tertiary/aromatic N) is 2. The fourth-order valence-electron chi connectivity index (χ4n) is 2.38. The molecule has 1 aromatic rings. The molecule has 1 aliphatic rings. The van der Waals surface area contributed by atoms with Gasteiger partial charge in [-0.3, -0.25) is 14.6 Å². The Labute approximate surface area is 122 Å². The van der Waals surface area contributed by atoms with E-state index in [9.17, 15) is 14.4 Å². The van der Waals surface area contributed by atoms with Crippen LogP contribution < -0.4 is 5.32 Å². The van der Waals surface area contributed by atoms with Crippen LogP contribution in [-0.4, -0.2) is 51.4 Å². The lowest BCUT2D eigenvalue weighted by atomic mass is 10.2. The number of hydrogen-bond acceptors (Lipinski definition) is 4. The monoisotopic (exact) mass is 291 g/mol. The fraction of sp³-hybridized carbons (Fsp3) is 0.429. The highest BCUT2D eigenvalue weighted by atomic mass is 16.4.